The Morgan fingerprint density at radius 3 is 1.61 bits per heavy atom. The van der Waals surface area contributed by atoms with Gasteiger partial charge in [-0.15, -0.1) is 0 Å². The first kappa shape index (κ1) is 24.3. The van der Waals surface area contributed by atoms with Crippen molar-refractivity contribution in [3.8, 4) is 6.07 Å². The molecule has 4 heteroatoms. The van der Waals surface area contributed by atoms with Gasteiger partial charge in [0.15, 0.2) is 5.60 Å². The van der Waals surface area contributed by atoms with E-state index < -0.39 is 33.0 Å². The maximum atomic E-state index is 14.5. The van der Waals surface area contributed by atoms with Crippen molar-refractivity contribution in [1.82, 2.24) is 0 Å². The maximum Gasteiger partial charge on any atom is 0.318 e. The Bertz CT molecular complexity index is 1030. The van der Waals surface area contributed by atoms with Crippen LogP contribution < -0.4 is 0 Å². The van der Waals surface area contributed by atoms with Crippen molar-refractivity contribution in [2.24, 2.45) is 32.5 Å². The summed E-state index contributed by atoms with van der Waals surface area (Å²) in [7, 11) is 0. The smallest absolute Gasteiger partial charge is 0.318 e. The first-order chi connectivity index (χ1) is 14.8. The predicted octanol–water partition coefficient (Wildman–Crippen LogP) is 6.64. The van der Waals surface area contributed by atoms with Gasteiger partial charge in [0.1, 0.15) is 17.1 Å². The number of nitrogens with zero attached hydrogens (tertiary/aromatic N) is 1. The minimum Gasteiger partial charge on any atom is -0.459 e. The minimum atomic E-state index is -1.43. The summed E-state index contributed by atoms with van der Waals surface area (Å²) in [6.07, 6.45) is 0. The molecule has 2 unspecified atom stereocenters. The van der Waals surface area contributed by atoms with Crippen LogP contribution in [0.1, 0.15) is 88.6 Å². The quantitative estimate of drug-likeness (QED) is 0.473. The highest BCUT2D eigenvalue weighted by atomic mass is 16.6. The van der Waals surface area contributed by atoms with Crippen molar-refractivity contribution in [1.29, 1.82) is 5.26 Å². The molecular weight excluding hydrogens is 410 g/mol. The van der Waals surface area contributed by atoms with Crippen molar-refractivity contribution < 1.29 is 14.3 Å². The first-order valence-corrected chi connectivity index (χ1v) is 12.2. The fraction of sp³-hybridized carbons (Fsp3) is 0.724. The predicted molar refractivity (Wildman–Crippen MR) is 129 cm³/mol. The van der Waals surface area contributed by atoms with E-state index in [4.69, 9.17) is 9.47 Å². The molecule has 2 bridgehead atoms. The van der Waals surface area contributed by atoms with E-state index in [9.17, 15) is 10.1 Å². The van der Waals surface area contributed by atoms with Gasteiger partial charge >= 0.3 is 5.97 Å². The lowest BCUT2D eigenvalue weighted by Gasteiger charge is -2.46. The summed E-state index contributed by atoms with van der Waals surface area (Å²) in [5, 5.41) is 11.0. The van der Waals surface area contributed by atoms with Crippen LogP contribution >= 0.6 is 0 Å². The summed E-state index contributed by atoms with van der Waals surface area (Å²) in [4.78, 5) is 14.5. The van der Waals surface area contributed by atoms with Crippen LogP contribution in [0.2, 0.25) is 0 Å². The van der Waals surface area contributed by atoms with E-state index in [2.05, 4.69) is 68.4 Å². The maximum absolute atomic E-state index is 14.5. The number of carbonyl (C=O) groups excluding carboxylic acids is 1. The van der Waals surface area contributed by atoms with Crippen molar-refractivity contribution in [2.45, 2.75) is 99.9 Å². The second-order valence-corrected chi connectivity index (χ2v) is 14.4. The molecule has 0 N–H and O–H groups in total. The summed E-state index contributed by atoms with van der Waals surface area (Å²) in [5.41, 5.74) is -5.14. The highest BCUT2D eigenvalue weighted by molar-refractivity contribution is 5.98. The second-order valence-electron chi connectivity index (χ2n) is 14.4. The van der Waals surface area contributed by atoms with E-state index in [0.29, 0.717) is 0 Å². The fourth-order valence-corrected chi connectivity index (χ4v) is 9.06. The molecule has 0 spiro atoms. The average molecular weight is 452 g/mol. The molecule has 0 radical (unpaired) electrons. The van der Waals surface area contributed by atoms with Gasteiger partial charge in [-0.2, -0.15) is 5.26 Å². The molecular formula is C29H41NO3. The van der Waals surface area contributed by atoms with Crippen LogP contribution in [0, 0.1) is 43.8 Å². The zero-order valence-corrected chi connectivity index (χ0v) is 22.6. The molecule has 3 atom stereocenters. The van der Waals surface area contributed by atoms with E-state index >= 15 is 0 Å². The number of fused-ring (bicyclic) bond motifs is 1. The third kappa shape index (κ3) is 2.00. The third-order valence-corrected chi connectivity index (χ3v) is 8.80. The Morgan fingerprint density at radius 1 is 0.818 bits per heavy atom. The number of esters is 1. The first-order valence-electron chi connectivity index (χ1n) is 12.2. The highest BCUT2D eigenvalue weighted by Gasteiger charge is 3.27. The van der Waals surface area contributed by atoms with Crippen molar-refractivity contribution in [3.05, 3.63) is 35.9 Å². The second kappa shape index (κ2) is 5.85. The van der Waals surface area contributed by atoms with E-state index in [1.807, 2.05) is 51.1 Å². The molecule has 180 valence electrons. The zero-order chi connectivity index (χ0) is 25.3. The van der Waals surface area contributed by atoms with Crippen LogP contribution in [0.4, 0.5) is 0 Å². The normalized spacial score (nSPS) is 39.5. The number of rotatable bonds is 2. The molecule has 2 aliphatic heterocycles. The lowest BCUT2D eigenvalue weighted by atomic mass is 9.54. The molecule has 4 nitrogen and oxygen atoms in total. The molecule has 33 heavy (non-hydrogen) atoms. The zero-order valence-electron chi connectivity index (χ0n) is 22.6. The Morgan fingerprint density at radius 2 is 1.27 bits per heavy atom. The van der Waals surface area contributed by atoms with Gasteiger partial charge in [0.25, 0.3) is 0 Å². The largest absolute Gasteiger partial charge is 0.459 e. The molecule has 1 aromatic carbocycles. The Hall–Kier alpha value is -1.86. The van der Waals surface area contributed by atoms with Crippen LogP contribution in [0.3, 0.4) is 0 Å². The van der Waals surface area contributed by atoms with Gasteiger partial charge in [-0.05, 0) is 42.6 Å². The number of benzene rings is 1. The third-order valence-electron chi connectivity index (χ3n) is 8.80. The number of nitriles is 1. The summed E-state index contributed by atoms with van der Waals surface area (Å²) in [5.74, 6) is -0.303. The van der Waals surface area contributed by atoms with Gasteiger partial charge < -0.3 is 9.47 Å². The van der Waals surface area contributed by atoms with Crippen molar-refractivity contribution >= 4 is 5.97 Å². The van der Waals surface area contributed by atoms with E-state index in [1.165, 1.54) is 0 Å². The van der Waals surface area contributed by atoms with Gasteiger partial charge in [-0.25, -0.2) is 0 Å². The molecule has 2 heterocycles. The van der Waals surface area contributed by atoms with Gasteiger partial charge in [0.2, 0.25) is 0 Å². The van der Waals surface area contributed by atoms with E-state index in [0.717, 1.165) is 5.56 Å². The number of carbonyl (C=O) groups is 1. The number of hydrogen-bond donors (Lipinski definition) is 0. The lowest BCUT2D eigenvalue weighted by molar-refractivity contribution is -0.172. The van der Waals surface area contributed by atoms with Gasteiger partial charge in [0.05, 0.1) is 5.60 Å². The lowest BCUT2D eigenvalue weighted by Crippen LogP contribution is -2.55. The molecule has 0 amide bonds. The Kier molecular flexibility index (Phi) is 4.30. The monoisotopic (exact) mass is 451 g/mol. The van der Waals surface area contributed by atoms with E-state index in [-0.39, 0.29) is 22.2 Å². The Balaban J connectivity index is 2.18. The van der Waals surface area contributed by atoms with Crippen LogP contribution in [-0.4, -0.2) is 17.2 Å². The molecule has 2 saturated heterocycles. The molecule has 4 aliphatic rings. The van der Waals surface area contributed by atoms with Gasteiger partial charge in [0, 0.05) is 10.8 Å². The topological polar surface area (TPSA) is 59.3 Å². The SMILES string of the molecule is CC(C)(C)OC(=O)C12C3(C(C)(C)C)C(C(C)(C)C)(O[C@@]1(C#N)c1ccccc1)C32C(C)(C)C. The van der Waals surface area contributed by atoms with Crippen LogP contribution in [0.25, 0.3) is 0 Å². The number of ether oxygens (including phenoxy) is 2. The molecule has 0 aromatic heterocycles. The van der Waals surface area contributed by atoms with Crippen LogP contribution in [-0.2, 0) is 19.9 Å². The Labute approximate surface area is 200 Å². The summed E-state index contributed by atoms with van der Waals surface area (Å²) in [6.45, 7) is 25.5. The molecule has 2 aliphatic carbocycles. The van der Waals surface area contributed by atoms with Gasteiger partial charge in [-0.3, -0.25) is 4.79 Å². The number of hydrogen-bond acceptors (Lipinski definition) is 4. The molecule has 4 fully saturated rings. The van der Waals surface area contributed by atoms with Crippen LogP contribution in [0.5, 0.6) is 0 Å². The summed E-state index contributed by atoms with van der Waals surface area (Å²) >= 11 is 0. The van der Waals surface area contributed by atoms with Gasteiger partial charge in [-0.1, -0.05) is 92.6 Å². The van der Waals surface area contributed by atoms with Crippen molar-refractivity contribution in [2.75, 3.05) is 0 Å². The molecule has 5 rings (SSSR count). The van der Waals surface area contributed by atoms with Crippen molar-refractivity contribution in [3.63, 3.8) is 0 Å². The van der Waals surface area contributed by atoms with E-state index in [1.54, 1.807) is 0 Å². The summed E-state index contributed by atoms with van der Waals surface area (Å²) in [6, 6.07) is 12.2. The fourth-order valence-electron chi connectivity index (χ4n) is 9.06. The average Bonchev–Trinajstić information content (AvgIpc) is 3.36. The van der Waals surface area contributed by atoms with Crippen LogP contribution in [0.15, 0.2) is 30.3 Å². The highest BCUT2D eigenvalue weighted by Crippen LogP contribution is 3.18. The molecule has 1 aromatic rings. The molecule has 2 saturated carbocycles. The minimum absolute atomic E-state index is 0.299. The summed E-state index contributed by atoms with van der Waals surface area (Å²) < 4.78 is 13.4. The standard InChI is InChI=1S/C29H41NO3/c1-21(2,3)27-26(20(31)32-24(10,11)12)25(18-30,19-16-14-13-15-17-19)33-29(27,23(7,8)9)28(26,27)22(4,5)6/h13-17H,1-12H3/t25-,26?,27?,28?,29?/m0/s1.